The van der Waals surface area contributed by atoms with Gasteiger partial charge in [-0.05, 0) is 60.7 Å². The number of nitrogens with one attached hydrogen (secondary N) is 1. The molecule has 0 spiro atoms. The Morgan fingerprint density at radius 3 is 2.42 bits per heavy atom. The summed E-state index contributed by atoms with van der Waals surface area (Å²) in [5.41, 5.74) is 1.92. The first-order valence-corrected chi connectivity index (χ1v) is 10.8. The zero-order valence-electron chi connectivity index (χ0n) is 17.7. The number of halogens is 3. The number of hydrogen-bond donors (Lipinski definition) is 1. The molecule has 31 heavy (non-hydrogen) atoms. The Bertz CT molecular complexity index is 905. The van der Waals surface area contributed by atoms with Crippen LogP contribution in [0, 0.1) is 5.92 Å². The molecule has 4 nitrogen and oxygen atoms in total. The van der Waals surface area contributed by atoms with E-state index in [-0.39, 0.29) is 5.91 Å². The molecular weight excluding hydrogens is 403 g/mol. The van der Waals surface area contributed by atoms with Gasteiger partial charge in [-0.25, -0.2) is 0 Å². The molecule has 166 valence electrons. The van der Waals surface area contributed by atoms with Gasteiger partial charge in [0.15, 0.2) is 0 Å². The second-order valence-electron chi connectivity index (χ2n) is 8.62. The van der Waals surface area contributed by atoms with E-state index in [1.54, 1.807) is 6.07 Å². The van der Waals surface area contributed by atoms with E-state index in [9.17, 15) is 18.0 Å². The summed E-state index contributed by atoms with van der Waals surface area (Å²) in [6.45, 7) is 4.61. The number of likely N-dealkylation sites (N-methyl/N-ethyl adjacent to an activating group) is 1. The highest BCUT2D eigenvalue weighted by Gasteiger charge is 2.37. The summed E-state index contributed by atoms with van der Waals surface area (Å²) in [7, 11) is 2.07. The zero-order chi connectivity index (χ0) is 22.0. The number of amides is 1. The Hall–Kier alpha value is -2.38. The van der Waals surface area contributed by atoms with Gasteiger partial charge in [-0.2, -0.15) is 13.2 Å². The summed E-state index contributed by atoms with van der Waals surface area (Å²) in [6, 6.07) is 13.2. The molecule has 2 unspecified atom stereocenters. The van der Waals surface area contributed by atoms with Crippen molar-refractivity contribution >= 4 is 5.91 Å². The van der Waals surface area contributed by atoms with Crippen LogP contribution in [0.3, 0.4) is 0 Å². The van der Waals surface area contributed by atoms with E-state index in [4.69, 9.17) is 0 Å². The lowest BCUT2D eigenvalue weighted by molar-refractivity contribution is -0.137. The second-order valence-corrected chi connectivity index (χ2v) is 8.62. The third-order valence-corrected chi connectivity index (χ3v) is 6.32. The lowest BCUT2D eigenvalue weighted by Crippen LogP contribution is -2.49. The van der Waals surface area contributed by atoms with Crippen LogP contribution in [0.4, 0.5) is 13.2 Å². The quantitative estimate of drug-likeness (QED) is 0.755. The van der Waals surface area contributed by atoms with Crippen molar-refractivity contribution in [2.24, 2.45) is 5.92 Å². The van der Waals surface area contributed by atoms with E-state index in [2.05, 4.69) is 17.3 Å². The van der Waals surface area contributed by atoms with Gasteiger partial charge in [0.25, 0.3) is 0 Å². The summed E-state index contributed by atoms with van der Waals surface area (Å²) >= 11 is 0. The topological polar surface area (TPSA) is 35.6 Å². The molecule has 1 heterocycles. The van der Waals surface area contributed by atoms with Crippen LogP contribution in [0.2, 0.25) is 0 Å². The fourth-order valence-corrected chi connectivity index (χ4v) is 4.21. The van der Waals surface area contributed by atoms with Gasteiger partial charge in [-0.15, -0.1) is 0 Å². The van der Waals surface area contributed by atoms with Gasteiger partial charge in [0.05, 0.1) is 12.1 Å². The maximum absolute atomic E-state index is 12.9. The molecule has 1 aliphatic carbocycles. The molecule has 2 atom stereocenters. The zero-order valence-corrected chi connectivity index (χ0v) is 17.7. The van der Waals surface area contributed by atoms with E-state index in [1.807, 2.05) is 29.2 Å². The Morgan fingerprint density at radius 2 is 1.74 bits per heavy atom. The van der Waals surface area contributed by atoms with Gasteiger partial charge in [0, 0.05) is 26.2 Å². The lowest BCUT2D eigenvalue weighted by atomic mass is 10.00. The van der Waals surface area contributed by atoms with Crippen LogP contribution in [0.1, 0.15) is 23.5 Å². The fourth-order valence-electron chi connectivity index (χ4n) is 4.21. The van der Waals surface area contributed by atoms with E-state index >= 15 is 0 Å². The number of piperazine rings is 1. The minimum atomic E-state index is -4.34. The van der Waals surface area contributed by atoms with Crippen molar-refractivity contribution in [3.8, 4) is 11.1 Å². The van der Waals surface area contributed by atoms with E-state index in [0.29, 0.717) is 23.9 Å². The van der Waals surface area contributed by atoms with Gasteiger partial charge >= 0.3 is 6.18 Å². The highest BCUT2D eigenvalue weighted by atomic mass is 19.4. The smallest absolute Gasteiger partial charge is 0.339 e. The van der Waals surface area contributed by atoms with Crippen molar-refractivity contribution in [2.45, 2.75) is 18.5 Å². The predicted molar refractivity (Wildman–Crippen MR) is 115 cm³/mol. The minimum Gasteiger partial charge on any atom is -0.339 e. The molecule has 1 aliphatic heterocycles. The second kappa shape index (κ2) is 9.01. The Morgan fingerprint density at radius 1 is 1.03 bits per heavy atom. The number of benzene rings is 2. The Labute approximate surface area is 181 Å². The molecule has 2 aromatic rings. The number of hydrogen-bond acceptors (Lipinski definition) is 3. The van der Waals surface area contributed by atoms with Gasteiger partial charge in [-0.3, -0.25) is 4.79 Å². The van der Waals surface area contributed by atoms with Crippen molar-refractivity contribution in [3.05, 3.63) is 59.7 Å². The molecule has 0 radical (unpaired) electrons. The maximum atomic E-state index is 12.9. The van der Waals surface area contributed by atoms with Crippen LogP contribution in [0.25, 0.3) is 11.1 Å². The number of carbonyl (C=O) groups is 1. The largest absolute Gasteiger partial charge is 0.416 e. The van der Waals surface area contributed by atoms with E-state index in [0.717, 1.165) is 50.8 Å². The first-order valence-electron chi connectivity index (χ1n) is 10.8. The molecule has 2 aliphatic rings. The number of nitrogens with zero attached hydrogens (tertiary/aromatic N) is 2. The average Bonchev–Trinajstić information content (AvgIpc) is 3.53. The van der Waals surface area contributed by atoms with Crippen LogP contribution < -0.4 is 5.32 Å². The highest BCUT2D eigenvalue weighted by Crippen LogP contribution is 2.47. The van der Waals surface area contributed by atoms with Crippen LogP contribution in [0.5, 0.6) is 0 Å². The Kier molecular flexibility index (Phi) is 6.34. The molecule has 1 N–H and O–H groups in total. The van der Waals surface area contributed by atoms with E-state index < -0.39 is 11.7 Å². The molecule has 0 aromatic heterocycles. The van der Waals surface area contributed by atoms with Crippen LogP contribution >= 0.6 is 0 Å². The van der Waals surface area contributed by atoms with Crippen LogP contribution in [0.15, 0.2) is 48.5 Å². The lowest BCUT2D eigenvalue weighted by Gasteiger charge is -2.32. The number of carbonyl (C=O) groups excluding carboxylic acids is 1. The number of rotatable bonds is 6. The fraction of sp³-hybridized carbons (Fsp3) is 0.458. The summed E-state index contributed by atoms with van der Waals surface area (Å²) in [5, 5.41) is 3.30. The predicted octanol–water partition coefficient (Wildman–Crippen LogP) is 3.84. The van der Waals surface area contributed by atoms with E-state index in [1.165, 1.54) is 17.7 Å². The third-order valence-electron chi connectivity index (χ3n) is 6.32. The van der Waals surface area contributed by atoms with Crippen molar-refractivity contribution in [3.63, 3.8) is 0 Å². The average molecular weight is 432 g/mol. The number of alkyl halides is 3. The van der Waals surface area contributed by atoms with Crippen LogP contribution in [-0.2, 0) is 11.0 Å². The molecule has 7 heteroatoms. The summed E-state index contributed by atoms with van der Waals surface area (Å²) in [6.07, 6.45) is -3.27. The monoisotopic (exact) mass is 431 g/mol. The van der Waals surface area contributed by atoms with Crippen molar-refractivity contribution in [2.75, 3.05) is 46.3 Å². The summed E-state index contributed by atoms with van der Waals surface area (Å²) < 4.78 is 38.8. The van der Waals surface area contributed by atoms with Crippen LogP contribution in [-0.4, -0.2) is 62.0 Å². The van der Waals surface area contributed by atoms with Crippen molar-refractivity contribution < 1.29 is 18.0 Å². The molecular formula is C24H28F3N3O. The first kappa shape index (κ1) is 21.8. The normalized spacial score (nSPS) is 21.9. The van der Waals surface area contributed by atoms with Gasteiger partial charge in [-0.1, -0.05) is 36.4 Å². The summed E-state index contributed by atoms with van der Waals surface area (Å²) in [5.74, 6) is 1.11. The SMILES string of the molecule is CN1CCN(C(=O)CNCC2CC2c2ccc(-c3cccc(C(F)(F)F)c3)cc2)CC1. The molecule has 1 amide bonds. The molecule has 0 bridgehead atoms. The highest BCUT2D eigenvalue weighted by molar-refractivity contribution is 5.78. The molecule has 4 rings (SSSR count). The van der Waals surface area contributed by atoms with Gasteiger partial charge < -0.3 is 15.1 Å². The molecule has 1 saturated heterocycles. The standard InChI is InChI=1S/C24H28F3N3O/c1-29-9-11-30(12-10-29)23(31)16-28-15-20-14-22(20)18-7-5-17(6-8-18)19-3-2-4-21(13-19)24(25,26)27/h2-8,13,20,22,28H,9-12,14-16H2,1H3. The summed E-state index contributed by atoms with van der Waals surface area (Å²) in [4.78, 5) is 16.4. The Balaban J connectivity index is 1.26. The maximum Gasteiger partial charge on any atom is 0.416 e. The molecule has 2 fully saturated rings. The first-order chi connectivity index (χ1) is 14.8. The minimum absolute atomic E-state index is 0.163. The molecule has 2 aromatic carbocycles. The molecule has 1 saturated carbocycles. The van der Waals surface area contributed by atoms with Gasteiger partial charge in [0.1, 0.15) is 0 Å². The van der Waals surface area contributed by atoms with Crippen molar-refractivity contribution in [1.29, 1.82) is 0 Å². The van der Waals surface area contributed by atoms with Gasteiger partial charge in [0.2, 0.25) is 5.91 Å². The third kappa shape index (κ3) is 5.46. The van der Waals surface area contributed by atoms with Crippen molar-refractivity contribution in [1.82, 2.24) is 15.1 Å².